The molecule has 0 radical (unpaired) electrons. The van der Waals surface area contributed by atoms with Crippen LogP contribution in [0.25, 0.3) is 0 Å². The Kier molecular flexibility index (Phi) is 7.56. The number of urea groups is 1. The Hall–Kier alpha value is -3.35. The van der Waals surface area contributed by atoms with Crippen LogP contribution in [0.2, 0.25) is 0 Å². The number of carbonyl (C=O) groups excluding carboxylic acids is 3. The molecule has 0 saturated carbocycles. The molecule has 0 bridgehead atoms. The van der Waals surface area contributed by atoms with Crippen molar-refractivity contribution < 1.29 is 23.9 Å². The van der Waals surface area contributed by atoms with E-state index in [1.54, 1.807) is 37.3 Å². The van der Waals surface area contributed by atoms with Crippen molar-refractivity contribution in [2.45, 2.75) is 26.9 Å². The number of carbonyl (C=O) groups is 3. The Morgan fingerprint density at radius 1 is 0.964 bits per heavy atom. The first kappa shape index (κ1) is 21.0. The molecule has 2 aromatic rings. The summed E-state index contributed by atoms with van der Waals surface area (Å²) in [5, 5.41) is 4.63. The molecule has 0 aliphatic heterocycles. The van der Waals surface area contributed by atoms with Crippen molar-refractivity contribution in [2.75, 3.05) is 13.2 Å². The summed E-state index contributed by atoms with van der Waals surface area (Å²) >= 11 is 0. The van der Waals surface area contributed by atoms with E-state index < -0.39 is 24.0 Å². The highest BCUT2D eigenvalue weighted by Crippen LogP contribution is 2.23. The third-order valence-electron chi connectivity index (χ3n) is 3.91. The second-order valence-corrected chi connectivity index (χ2v) is 6.14. The van der Waals surface area contributed by atoms with Gasteiger partial charge in [0.2, 0.25) is 6.10 Å². The number of hydrogen-bond acceptors (Lipinski definition) is 5. The molecular formula is C21H24N2O5. The van der Waals surface area contributed by atoms with E-state index in [2.05, 4.69) is 10.6 Å². The fourth-order valence-electron chi connectivity index (χ4n) is 2.61. The van der Waals surface area contributed by atoms with Crippen molar-refractivity contribution in [3.05, 3.63) is 65.2 Å². The molecule has 0 spiro atoms. The van der Waals surface area contributed by atoms with Gasteiger partial charge in [0, 0.05) is 12.1 Å². The Balaban J connectivity index is 2.08. The third kappa shape index (κ3) is 5.84. The Bertz CT molecular complexity index is 816. The zero-order chi connectivity index (χ0) is 20.5. The highest BCUT2D eigenvalue weighted by molar-refractivity contribution is 5.97. The monoisotopic (exact) mass is 384 g/mol. The normalized spacial score (nSPS) is 11.2. The SMILES string of the molecule is CCNC(=O)NC(=O)[C@@H](OC(=O)COc1c(C)cccc1C)c1ccccc1. The second-order valence-electron chi connectivity index (χ2n) is 6.14. The van der Waals surface area contributed by atoms with Gasteiger partial charge in [-0.1, -0.05) is 48.5 Å². The van der Waals surface area contributed by atoms with E-state index in [1.807, 2.05) is 32.0 Å². The lowest BCUT2D eigenvalue weighted by Gasteiger charge is -2.18. The third-order valence-corrected chi connectivity index (χ3v) is 3.91. The molecule has 7 nitrogen and oxygen atoms in total. The molecule has 2 aromatic carbocycles. The number of aryl methyl sites for hydroxylation is 2. The van der Waals surface area contributed by atoms with E-state index in [-0.39, 0.29) is 6.61 Å². The van der Waals surface area contributed by atoms with Crippen LogP contribution < -0.4 is 15.4 Å². The Labute approximate surface area is 164 Å². The highest BCUT2D eigenvalue weighted by Gasteiger charge is 2.26. The number of amides is 3. The molecule has 1 atom stereocenters. The lowest BCUT2D eigenvalue weighted by Crippen LogP contribution is -2.42. The van der Waals surface area contributed by atoms with Crippen LogP contribution in [-0.4, -0.2) is 31.1 Å². The smallest absolute Gasteiger partial charge is 0.345 e. The standard InChI is InChI=1S/C21H24N2O5/c1-4-22-21(26)23-20(25)19(16-11-6-5-7-12-16)28-17(24)13-27-18-14(2)9-8-10-15(18)3/h5-12,19H,4,13H2,1-3H3,(H2,22,23,25,26)/t19-/m0/s1. The van der Waals surface area contributed by atoms with E-state index in [0.29, 0.717) is 17.9 Å². The van der Waals surface area contributed by atoms with Gasteiger partial charge in [-0.15, -0.1) is 0 Å². The number of hydrogen-bond donors (Lipinski definition) is 2. The minimum absolute atomic E-state index is 0.358. The molecule has 0 fully saturated rings. The van der Waals surface area contributed by atoms with Crippen molar-refractivity contribution in [3.8, 4) is 5.75 Å². The quantitative estimate of drug-likeness (QED) is 0.716. The average molecular weight is 384 g/mol. The molecule has 28 heavy (non-hydrogen) atoms. The van der Waals surface area contributed by atoms with Gasteiger partial charge in [-0.3, -0.25) is 10.1 Å². The van der Waals surface area contributed by atoms with Crippen LogP contribution in [0.1, 0.15) is 29.7 Å². The number of esters is 1. The van der Waals surface area contributed by atoms with Crippen LogP contribution in [0.15, 0.2) is 48.5 Å². The number of nitrogens with one attached hydrogen (secondary N) is 2. The van der Waals surface area contributed by atoms with Gasteiger partial charge >= 0.3 is 12.0 Å². The zero-order valence-corrected chi connectivity index (χ0v) is 16.2. The van der Waals surface area contributed by atoms with E-state index in [9.17, 15) is 14.4 Å². The molecule has 0 aromatic heterocycles. The predicted octanol–water partition coefficient (Wildman–Crippen LogP) is 2.81. The fourth-order valence-corrected chi connectivity index (χ4v) is 2.61. The lowest BCUT2D eigenvalue weighted by molar-refractivity contribution is -0.158. The molecule has 2 N–H and O–H groups in total. The van der Waals surface area contributed by atoms with Gasteiger partial charge in [0.25, 0.3) is 5.91 Å². The molecule has 0 unspecified atom stereocenters. The Morgan fingerprint density at radius 3 is 2.21 bits per heavy atom. The maximum atomic E-state index is 12.5. The molecule has 0 saturated heterocycles. The zero-order valence-electron chi connectivity index (χ0n) is 16.2. The first-order valence-electron chi connectivity index (χ1n) is 8.94. The maximum absolute atomic E-state index is 12.5. The fraction of sp³-hybridized carbons (Fsp3) is 0.286. The van der Waals surface area contributed by atoms with E-state index in [4.69, 9.17) is 9.47 Å². The van der Waals surface area contributed by atoms with Gasteiger partial charge in [-0.2, -0.15) is 0 Å². The summed E-state index contributed by atoms with van der Waals surface area (Å²) in [6.07, 6.45) is -1.27. The molecular weight excluding hydrogens is 360 g/mol. The van der Waals surface area contributed by atoms with Crippen LogP contribution in [0, 0.1) is 13.8 Å². The number of benzene rings is 2. The summed E-state index contributed by atoms with van der Waals surface area (Å²) in [6.45, 7) is 5.48. The Morgan fingerprint density at radius 2 is 1.61 bits per heavy atom. The van der Waals surface area contributed by atoms with Gasteiger partial charge < -0.3 is 14.8 Å². The molecule has 148 valence electrons. The van der Waals surface area contributed by atoms with Gasteiger partial charge in [0.05, 0.1) is 0 Å². The largest absolute Gasteiger partial charge is 0.481 e. The summed E-state index contributed by atoms with van der Waals surface area (Å²) in [6, 6.07) is 13.5. The minimum atomic E-state index is -1.27. The number of imide groups is 1. The van der Waals surface area contributed by atoms with E-state index in [1.165, 1.54) is 0 Å². The highest BCUT2D eigenvalue weighted by atomic mass is 16.6. The van der Waals surface area contributed by atoms with Gasteiger partial charge in [-0.05, 0) is 31.9 Å². The first-order valence-corrected chi connectivity index (χ1v) is 8.94. The van der Waals surface area contributed by atoms with Gasteiger partial charge in [0.15, 0.2) is 6.61 Å². The van der Waals surface area contributed by atoms with Gasteiger partial charge in [-0.25, -0.2) is 9.59 Å². The van der Waals surface area contributed by atoms with Crippen molar-refractivity contribution in [1.29, 1.82) is 0 Å². The second kappa shape index (κ2) is 10.1. The maximum Gasteiger partial charge on any atom is 0.345 e. The van der Waals surface area contributed by atoms with Crippen LogP contribution in [0.3, 0.4) is 0 Å². The summed E-state index contributed by atoms with van der Waals surface area (Å²) in [5.74, 6) is -0.859. The first-order chi connectivity index (χ1) is 13.4. The van der Waals surface area contributed by atoms with Crippen molar-refractivity contribution in [1.82, 2.24) is 10.6 Å². The molecule has 0 heterocycles. The summed E-state index contributed by atoms with van der Waals surface area (Å²) in [4.78, 5) is 36.4. The molecule has 0 aliphatic carbocycles. The van der Waals surface area contributed by atoms with E-state index >= 15 is 0 Å². The van der Waals surface area contributed by atoms with Crippen molar-refractivity contribution >= 4 is 17.9 Å². The van der Waals surface area contributed by atoms with Crippen LogP contribution in [0.4, 0.5) is 4.79 Å². The van der Waals surface area contributed by atoms with Crippen LogP contribution in [0.5, 0.6) is 5.75 Å². The number of rotatable bonds is 7. The number of ether oxygens (including phenoxy) is 2. The molecule has 3 amide bonds. The van der Waals surface area contributed by atoms with Crippen LogP contribution >= 0.6 is 0 Å². The van der Waals surface area contributed by atoms with Crippen molar-refractivity contribution in [2.24, 2.45) is 0 Å². The molecule has 7 heteroatoms. The van der Waals surface area contributed by atoms with Crippen LogP contribution in [-0.2, 0) is 14.3 Å². The molecule has 0 aliphatic rings. The average Bonchev–Trinajstić information content (AvgIpc) is 2.66. The van der Waals surface area contributed by atoms with E-state index in [0.717, 1.165) is 11.1 Å². The topological polar surface area (TPSA) is 93.7 Å². The summed E-state index contributed by atoms with van der Waals surface area (Å²) in [5.41, 5.74) is 2.23. The minimum Gasteiger partial charge on any atom is -0.481 e. The van der Waals surface area contributed by atoms with Crippen molar-refractivity contribution in [3.63, 3.8) is 0 Å². The summed E-state index contributed by atoms with van der Waals surface area (Å²) in [7, 11) is 0. The summed E-state index contributed by atoms with van der Waals surface area (Å²) < 4.78 is 10.9. The predicted molar refractivity (Wildman–Crippen MR) is 104 cm³/mol. The van der Waals surface area contributed by atoms with Gasteiger partial charge in [0.1, 0.15) is 5.75 Å². The lowest BCUT2D eigenvalue weighted by atomic mass is 10.1. The molecule has 2 rings (SSSR count). The number of para-hydroxylation sites is 1.